The van der Waals surface area contributed by atoms with Gasteiger partial charge in [-0.25, -0.2) is 4.98 Å². The molecule has 0 bridgehead atoms. The molecule has 19 heavy (non-hydrogen) atoms. The first kappa shape index (κ1) is 12.4. The van der Waals surface area contributed by atoms with Gasteiger partial charge in [-0.1, -0.05) is 6.07 Å². The van der Waals surface area contributed by atoms with Crippen molar-refractivity contribution in [3.8, 4) is 11.3 Å². The van der Waals surface area contributed by atoms with Crippen molar-refractivity contribution in [3.63, 3.8) is 0 Å². The quantitative estimate of drug-likeness (QED) is 0.851. The Morgan fingerprint density at radius 3 is 2.68 bits per heavy atom. The Morgan fingerprint density at radius 1 is 1.16 bits per heavy atom. The van der Waals surface area contributed by atoms with Crippen molar-refractivity contribution >= 4 is 0 Å². The Labute approximate surface area is 114 Å². The summed E-state index contributed by atoms with van der Waals surface area (Å²) in [6, 6.07) is 4.78. The number of benzene rings is 1. The van der Waals surface area contributed by atoms with Gasteiger partial charge >= 0.3 is 0 Å². The monoisotopic (exact) mass is 255 g/mol. The van der Waals surface area contributed by atoms with Gasteiger partial charge in [-0.15, -0.1) is 0 Å². The normalized spacial score (nSPS) is 18.4. The van der Waals surface area contributed by atoms with Crippen LogP contribution in [0, 0.1) is 20.8 Å². The zero-order chi connectivity index (χ0) is 13.6. The molecule has 0 aliphatic carbocycles. The minimum absolute atomic E-state index is 0.273. The van der Waals surface area contributed by atoms with E-state index in [1.807, 2.05) is 6.33 Å². The molecule has 0 saturated carbocycles. The average Bonchev–Trinajstić information content (AvgIpc) is 2.76. The molecular formula is C16H21N3. The molecule has 0 spiro atoms. The number of imidazole rings is 1. The Kier molecular flexibility index (Phi) is 2.94. The fraction of sp³-hybridized carbons (Fsp3) is 0.438. The third kappa shape index (κ3) is 2.08. The van der Waals surface area contributed by atoms with Gasteiger partial charge in [0.1, 0.15) is 0 Å². The number of rotatable bonds is 1. The number of nitrogens with zero attached hydrogens (tertiary/aromatic N) is 2. The van der Waals surface area contributed by atoms with E-state index in [-0.39, 0.29) is 6.04 Å². The summed E-state index contributed by atoms with van der Waals surface area (Å²) in [4.78, 5) is 4.64. The van der Waals surface area contributed by atoms with Crippen LogP contribution >= 0.6 is 0 Å². The molecule has 3 heteroatoms. The van der Waals surface area contributed by atoms with E-state index in [0.717, 1.165) is 25.1 Å². The SMILES string of the molecule is Cc1cc(C)c(-c2ncn3c2CC(N)CC3)cc1C. The fourth-order valence-corrected chi connectivity index (χ4v) is 2.91. The maximum Gasteiger partial charge on any atom is 0.0956 e. The number of aryl methyl sites for hydroxylation is 4. The first-order valence-electron chi connectivity index (χ1n) is 6.94. The lowest BCUT2D eigenvalue weighted by Crippen LogP contribution is -2.30. The van der Waals surface area contributed by atoms with Gasteiger partial charge in [0.2, 0.25) is 0 Å². The molecule has 3 nitrogen and oxygen atoms in total. The molecule has 2 N–H and O–H groups in total. The highest BCUT2D eigenvalue weighted by Crippen LogP contribution is 2.30. The van der Waals surface area contributed by atoms with Crippen LogP contribution in [0.2, 0.25) is 0 Å². The van der Waals surface area contributed by atoms with E-state index in [1.54, 1.807) is 0 Å². The molecule has 1 unspecified atom stereocenters. The standard InChI is InChI=1S/C16H21N3/c1-10-6-12(3)14(7-11(10)2)16-15-8-13(17)4-5-19(15)9-18-16/h6-7,9,13H,4-5,8,17H2,1-3H3. The van der Waals surface area contributed by atoms with Gasteiger partial charge in [0, 0.05) is 30.3 Å². The van der Waals surface area contributed by atoms with E-state index >= 15 is 0 Å². The van der Waals surface area contributed by atoms with E-state index in [9.17, 15) is 0 Å². The molecule has 1 atom stereocenters. The number of hydrogen-bond donors (Lipinski definition) is 1. The van der Waals surface area contributed by atoms with Crippen molar-refractivity contribution in [3.05, 3.63) is 40.8 Å². The van der Waals surface area contributed by atoms with Crippen molar-refractivity contribution in [1.82, 2.24) is 9.55 Å². The molecule has 3 rings (SSSR count). The maximum absolute atomic E-state index is 6.11. The van der Waals surface area contributed by atoms with Crippen molar-refractivity contribution in [2.75, 3.05) is 0 Å². The summed E-state index contributed by atoms with van der Waals surface area (Å²) >= 11 is 0. The Bertz CT molecular complexity index is 625. The van der Waals surface area contributed by atoms with Crippen LogP contribution in [0.3, 0.4) is 0 Å². The van der Waals surface area contributed by atoms with Crippen LogP contribution in [0.15, 0.2) is 18.5 Å². The van der Waals surface area contributed by atoms with Gasteiger partial charge in [0.25, 0.3) is 0 Å². The van der Waals surface area contributed by atoms with E-state index in [1.165, 1.54) is 27.9 Å². The summed E-state index contributed by atoms with van der Waals surface area (Å²) in [5.41, 5.74) is 13.7. The smallest absolute Gasteiger partial charge is 0.0956 e. The van der Waals surface area contributed by atoms with E-state index in [2.05, 4.69) is 42.5 Å². The minimum atomic E-state index is 0.273. The van der Waals surface area contributed by atoms with Gasteiger partial charge in [-0.3, -0.25) is 0 Å². The molecule has 2 aromatic rings. The van der Waals surface area contributed by atoms with Gasteiger partial charge in [-0.05, 0) is 49.9 Å². The van der Waals surface area contributed by atoms with Crippen LogP contribution in [-0.4, -0.2) is 15.6 Å². The zero-order valence-electron chi connectivity index (χ0n) is 11.9. The van der Waals surface area contributed by atoms with Crippen LogP contribution in [0.5, 0.6) is 0 Å². The molecule has 1 aliphatic heterocycles. The van der Waals surface area contributed by atoms with Gasteiger partial charge in [0.05, 0.1) is 12.0 Å². The average molecular weight is 255 g/mol. The Balaban J connectivity index is 2.13. The van der Waals surface area contributed by atoms with E-state index in [4.69, 9.17) is 5.73 Å². The largest absolute Gasteiger partial charge is 0.334 e. The second-order valence-corrected chi connectivity index (χ2v) is 5.74. The maximum atomic E-state index is 6.11. The molecule has 1 aromatic heterocycles. The van der Waals surface area contributed by atoms with Crippen molar-refractivity contribution in [1.29, 1.82) is 0 Å². The first-order chi connectivity index (χ1) is 9.06. The van der Waals surface area contributed by atoms with Crippen LogP contribution in [0.1, 0.15) is 28.8 Å². The molecule has 0 amide bonds. The number of aromatic nitrogens is 2. The highest BCUT2D eigenvalue weighted by atomic mass is 15.1. The second kappa shape index (κ2) is 4.49. The summed E-state index contributed by atoms with van der Waals surface area (Å²) in [5.74, 6) is 0. The predicted octanol–water partition coefficient (Wildman–Crippen LogP) is 2.75. The molecule has 0 saturated heterocycles. The van der Waals surface area contributed by atoms with Crippen LogP contribution in [-0.2, 0) is 13.0 Å². The topological polar surface area (TPSA) is 43.8 Å². The summed E-state index contributed by atoms with van der Waals surface area (Å²) in [6.45, 7) is 7.47. The lowest BCUT2D eigenvalue weighted by atomic mass is 9.95. The first-order valence-corrected chi connectivity index (χ1v) is 6.94. The number of nitrogens with two attached hydrogens (primary N) is 1. The van der Waals surface area contributed by atoms with E-state index in [0.29, 0.717) is 0 Å². The summed E-state index contributed by atoms with van der Waals surface area (Å²) < 4.78 is 2.26. The predicted molar refractivity (Wildman–Crippen MR) is 78.2 cm³/mol. The lowest BCUT2D eigenvalue weighted by molar-refractivity contribution is 0.472. The Hall–Kier alpha value is -1.61. The van der Waals surface area contributed by atoms with Crippen molar-refractivity contribution < 1.29 is 0 Å². The summed E-state index contributed by atoms with van der Waals surface area (Å²) in [7, 11) is 0. The van der Waals surface area contributed by atoms with Crippen molar-refractivity contribution in [2.45, 2.75) is 46.2 Å². The van der Waals surface area contributed by atoms with E-state index < -0.39 is 0 Å². The molecule has 1 aliphatic rings. The highest BCUT2D eigenvalue weighted by Gasteiger charge is 2.21. The third-order valence-corrected chi connectivity index (χ3v) is 4.24. The minimum Gasteiger partial charge on any atom is -0.334 e. The summed E-state index contributed by atoms with van der Waals surface area (Å²) in [6.07, 6.45) is 3.95. The second-order valence-electron chi connectivity index (χ2n) is 5.74. The van der Waals surface area contributed by atoms with Gasteiger partial charge in [-0.2, -0.15) is 0 Å². The molecular weight excluding hydrogens is 234 g/mol. The molecule has 100 valence electrons. The van der Waals surface area contributed by atoms with Gasteiger partial charge < -0.3 is 10.3 Å². The number of fused-ring (bicyclic) bond motifs is 1. The van der Waals surface area contributed by atoms with Crippen molar-refractivity contribution in [2.24, 2.45) is 5.73 Å². The Morgan fingerprint density at radius 2 is 1.89 bits per heavy atom. The molecule has 2 heterocycles. The fourth-order valence-electron chi connectivity index (χ4n) is 2.91. The summed E-state index contributed by atoms with van der Waals surface area (Å²) in [5, 5.41) is 0. The molecule has 1 aromatic carbocycles. The highest BCUT2D eigenvalue weighted by molar-refractivity contribution is 5.68. The third-order valence-electron chi connectivity index (χ3n) is 4.24. The lowest BCUT2D eigenvalue weighted by Gasteiger charge is -2.21. The number of hydrogen-bond acceptors (Lipinski definition) is 2. The van der Waals surface area contributed by atoms with Crippen LogP contribution in [0.25, 0.3) is 11.3 Å². The molecule has 0 radical (unpaired) electrons. The van der Waals surface area contributed by atoms with Crippen LogP contribution in [0.4, 0.5) is 0 Å². The van der Waals surface area contributed by atoms with Gasteiger partial charge in [0.15, 0.2) is 0 Å². The van der Waals surface area contributed by atoms with Crippen LogP contribution < -0.4 is 5.73 Å². The zero-order valence-corrected chi connectivity index (χ0v) is 11.9. The molecule has 0 fully saturated rings.